The molecule has 0 bridgehead atoms. The first kappa shape index (κ1) is 21.9. The summed E-state index contributed by atoms with van der Waals surface area (Å²) in [5.74, 6) is 1.81. The van der Waals surface area contributed by atoms with Gasteiger partial charge < -0.3 is 21.3 Å². The molecule has 0 saturated carbocycles. The largest absolute Gasteiger partial charge is 0.416 e. The minimum atomic E-state index is -4.46. The summed E-state index contributed by atoms with van der Waals surface area (Å²) in [4.78, 5) is 15.9. The van der Waals surface area contributed by atoms with Crippen molar-refractivity contribution in [3.63, 3.8) is 0 Å². The Morgan fingerprint density at radius 3 is 2.53 bits per heavy atom. The fraction of sp³-hybridized carbons (Fsp3) is 0.409. The minimum Gasteiger partial charge on any atom is -0.399 e. The average Bonchev–Trinajstić information content (AvgIpc) is 3.25. The number of hydrogen-bond donors (Lipinski definition) is 3. The maximum atomic E-state index is 13.2. The zero-order valence-corrected chi connectivity index (χ0v) is 18.0. The van der Waals surface area contributed by atoms with Crippen molar-refractivity contribution in [2.75, 3.05) is 34.4 Å². The highest BCUT2D eigenvalue weighted by Gasteiger charge is 2.31. The van der Waals surface area contributed by atoms with Gasteiger partial charge in [-0.15, -0.1) is 0 Å². The molecule has 1 aromatic carbocycles. The number of hydrogen-bond acceptors (Lipinski definition) is 7. The van der Waals surface area contributed by atoms with Gasteiger partial charge in [0.25, 0.3) is 0 Å². The van der Waals surface area contributed by atoms with Crippen LogP contribution in [-0.2, 0) is 12.7 Å². The summed E-state index contributed by atoms with van der Waals surface area (Å²) in [6, 6.07) is 5.60. The number of halogens is 3. The van der Waals surface area contributed by atoms with E-state index in [2.05, 4.69) is 25.5 Å². The lowest BCUT2D eigenvalue weighted by molar-refractivity contribution is -0.137. The lowest BCUT2D eigenvalue weighted by Crippen LogP contribution is -2.21. The van der Waals surface area contributed by atoms with Crippen LogP contribution in [0.1, 0.15) is 37.8 Å². The number of rotatable bonds is 6. The molecule has 0 amide bonds. The normalized spacial score (nSPS) is 14.4. The highest BCUT2D eigenvalue weighted by atomic mass is 19.4. The third kappa shape index (κ3) is 4.95. The summed E-state index contributed by atoms with van der Waals surface area (Å²) in [6.07, 6.45) is -0.626. The Bertz CT molecular complexity index is 1110. The maximum absolute atomic E-state index is 13.2. The van der Waals surface area contributed by atoms with E-state index in [4.69, 9.17) is 10.7 Å². The Hall–Kier alpha value is -3.30. The molecule has 0 spiro atoms. The molecule has 1 aliphatic rings. The molecular formula is C22H26F3N7. The van der Waals surface area contributed by atoms with Gasteiger partial charge in [-0.3, -0.25) is 0 Å². The van der Waals surface area contributed by atoms with Gasteiger partial charge in [-0.25, -0.2) is 9.97 Å². The molecule has 0 aliphatic carbocycles. The van der Waals surface area contributed by atoms with Gasteiger partial charge in [-0.1, -0.05) is 0 Å². The predicted octanol–water partition coefficient (Wildman–Crippen LogP) is 4.66. The van der Waals surface area contributed by atoms with Crippen molar-refractivity contribution in [3.8, 4) is 0 Å². The first-order valence-electron chi connectivity index (χ1n) is 10.6. The molecule has 1 saturated heterocycles. The number of benzene rings is 1. The van der Waals surface area contributed by atoms with Crippen molar-refractivity contribution in [1.29, 1.82) is 0 Å². The molecule has 32 heavy (non-hydrogen) atoms. The van der Waals surface area contributed by atoms with E-state index in [1.807, 2.05) is 19.9 Å². The van der Waals surface area contributed by atoms with E-state index in [0.29, 0.717) is 28.7 Å². The van der Waals surface area contributed by atoms with E-state index in [0.717, 1.165) is 43.5 Å². The van der Waals surface area contributed by atoms with Crippen molar-refractivity contribution in [2.45, 2.75) is 45.5 Å². The monoisotopic (exact) mass is 445 g/mol. The SMILES string of the molecule is CC(C)Nc1cc2c(NCc3cc(N)cc(C(F)(F)F)c3)nc(N3CCCC3)nc2cn1. The average molecular weight is 445 g/mol. The van der Waals surface area contributed by atoms with Gasteiger partial charge in [-0.05, 0) is 56.5 Å². The van der Waals surface area contributed by atoms with Crippen LogP contribution in [0.15, 0.2) is 30.5 Å². The molecule has 1 aliphatic heterocycles. The number of anilines is 4. The summed E-state index contributed by atoms with van der Waals surface area (Å²) in [7, 11) is 0. The second kappa shape index (κ2) is 8.68. The topological polar surface area (TPSA) is 92.0 Å². The van der Waals surface area contributed by atoms with Crippen molar-refractivity contribution < 1.29 is 13.2 Å². The van der Waals surface area contributed by atoms with E-state index in [9.17, 15) is 13.2 Å². The van der Waals surface area contributed by atoms with Crippen molar-refractivity contribution in [3.05, 3.63) is 41.6 Å². The molecule has 3 aromatic rings. The lowest BCUT2D eigenvalue weighted by Gasteiger charge is -2.19. The fourth-order valence-corrected chi connectivity index (χ4v) is 3.76. The Labute approximate surface area is 184 Å². The molecule has 4 N–H and O–H groups in total. The van der Waals surface area contributed by atoms with Crippen LogP contribution in [0.2, 0.25) is 0 Å². The first-order chi connectivity index (χ1) is 15.2. The van der Waals surface area contributed by atoms with Crippen LogP contribution in [0.5, 0.6) is 0 Å². The molecule has 10 heteroatoms. The second-order valence-corrected chi connectivity index (χ2v) is 8.27. The fourth-order valence-electron chi connectivity index (χ4n) is 3.76. The first-order valence-corrected chi connectivity index (χ1v) is 10.6. The third-order valence-electron chi connectivity index (χ3n) is 5.20. The van der Waals surface area contributed by atoms with Gasteiger partial charge in [0.15, 0.2) is 0 Å². The minimum absolute atomic E-state index is 0.0644. The molecule has 1 fully saturated rings. The number of fused-ring (bicyclic) bond motifs is 1. The van der Waals surface area contributed by atoms with Crippen LogP contribution in [0.3, 0.4) is 0 Å². The number of pyridine rings is 1. The molecule has 170 valence electrons. The highest BCUT2D eigenvalue weighted by Crippen LogP contribution is 2.32. The van der Waals surface area contributed by atoms with E-state index in [1.165, 1.54) is 6.07 Å². The van der Waals surface area contributed by atoms with Gasteiger partial charge in [0.1, 0.15) is 11.6 Å². The summed E-state index contributed by atoms with van der Waals surface area (Å²) in [6.45, 7) is 5.89. The number of nitrogens with one attached hydrogen (secondary N) is 2. The molecule has 0 atom stereocenters. The summed E-state index contributed by atoms with van der Waals surface area (Å²) >= 11 is 0. The molecule has 7 nitrogen and oxygen atoms in total. The second-order valence-electron chi connectivity index (χ2n) is 8.27. The maximum Gasteiger partial charge on any atom is 0.416 e. The number of nitrogen functional groups attached to an aromatic ring is 1. The van der Waals surface area contributed by atoms with Crippen LogP contribution in [-0.4, -0.2) is 34.1 Å². The van der Waals surface area contributed by atoms with E-state index in [1.54, 1.807) is 6.20 Å². The predicted molar refractivity (Wildman–Crippen MR) is 121 cm³/mol. The Kier molecular flexibility index (Phi) is 5.94. The number of aromatic nitrogens is 3. The van der Waals surface area contributed by atoms with Crippen LogP contribution < -0.4 is 21.3 Å². The molecule has 0 radical (unpaired) electrons. The van der Waals surface area contributed by atoms with Crippen LogP contribution in [0.4, 0.5) is 36.4 Å². The van der Waals surface area contributed by atoms with Crippen LogP contribution >= 0.6 is 0 Å². The smallest absolute Gasteiger partial charge is 0.399 e. The van der Waals surface area contributed by atoms with Crippen molar-refractivity contribution in [1.82, 2.24) is 15.0 Å². The van der Waals surface area contributed by atoms with E-state index in [-0.39, 0.29) is 18.3 Å². The van der Waals surface area contributed by atoms with Crippen LogP contribution in [0, 0.1) is 0 Å². The standard InChI is InChI=1S/C22H26F3N7/c1-13(2)29-19-10-17-18(12-27-19)30-21(32-5-3-4-6-32)31-20(17)28-11-14-7-15(22(23,24)25)9-16(26)8-14/h7-10,12-13H,3-6,11,26H2,1-2H3,(H,27,29)(H,28,30,31). The van der Waals surface area contributed by atoms with Gasteiger partial charge in [0, 0.05) is 36.7 Å². The van der Waals surface area contributed by atoms with Crippen molar-refractivity contribution >= 4 is 34.2 Å². The summed E-state index contributed by atoms with van der Waals surface area (Å²) in [5.41, 5.74) is 6.09. The number of alkyl halides is 3. The molecule has 2 aromatic heterocycles. The molecule has 4 rings (SSSR count). The third-order valence-corrected chi connectivity index (χ3v) is 5.20. The van der Waals surface area contributed by atoms with Crippen LogP contribution in [0.25, 0.3) is 10.9 Å². The molecular weight excluding hydrogens is 419 g/mol. The van der Waals surface area contributed by atoms with Gasteiger partial charge in [0.05, 0.1) is 17.3 Å². The molecule has 3 heterocycles. The van der Waals surface area contributed by atoms with Gasteiger partial charge in [-0.2, -0.15) is 18.2 Å². The van der Waals surface area contributed by atoms with Gasteiger partial charge in [0.2, 0.25) is 5.95 Å². The van der Waals surface area contributed by atoms with Crippen molar-refractivity contribution in [2.24, 2.45) is 0 Å². The summed E-state index contributed by atoms with van der Waals surface area (Å²) < 4.78 is 39.5. The van der Waals surface area contributed by atoms with E-state index < -0.39 is 11.7 Å². The quantitative estimate of drug-likeness (QED) is 0.475. The van der Waals surface area contributed by atoms with E-state index >= 15 is 0 Å². The Morgan fingerprint density at radius 1 is 1.09 bits per heavy atom. The Morgan fingerprint density at radius 2 is 1.84 bits per heavy atom. The molecule has 0 unspecified atom stereocenters. The zero-order chi connectivity index (χ0) is 22.9. The zero-order valence-electron chi connectivity index (χ0n) is 18.0. The summed E-state index contributed by atoms with van der Waals surface area (Å²) in [5, 5.41) is 7.19. The lowest BCUT2D eigenvalue weighted by atomic mass is 10.1. The number of nitrogens with two attached hydrogens (primary N) is 1. The Balaban J connectivity index is 1.70. The highest BCUT2D eigenvalue weighted by molar-refractivity contribution is 5.91. The van der Waals surface area contributed by atoms with Gasteiger partial charge >= 0.3 is 6.18 Å². The number of nitrogens with zero attached hydrogens (tertiary/aromatic N) is 4.